The van der Waals surface area contributed by atoms with Crippen molar-refractivity contribution < 1.29 is 4.74 Å². The van der Waals surface area contributed by atoms with Crippen molar-refractivity contribution in [3.63, 3.8) is 0 Å². The van der Waals surface area contributed by atoms with Crippen LogP contribution in [-0.2, 0) is 0 Å². The summed E-state index contributed by atoms with van der Waals surface area (Å²) in [6, 6.07) is 6.16. The number of imidazole rings is 1. The Bertz CT molecular complexity index is 591. The fourth-order valence-electron chi connectivity index (χ4n) is 2.69. The molecule has 3 rings (SSSR count). The highest BCUT2D eigenvalue weighted by Crippen LogP contribution is 2.29. The molecule has 1 aliphatic heterocycles. The van der Waals surface area contributed by atoms with Crippen molar-refractivity contribution in [2.24, 2.45) is 0 Å². The topological polar surface area (TPSA) is 39.1 Å². The number of nitrogens with zero attached hydrogens (tertiary/aromatic N) is 2. The van der Waals surface area contributed by atoms with Gasteiger partial charge < -0.3 is 14.6 Å². The first-order valence-corrected chi connectivity index (χ1v) is 7.27. The maximum absolute atomic E-state index is 6.21. The minimum absolute atomic E-state index is 0.368. The van der Waals surface area contributed by atoms with Crippen molar-refractivity contribution in [3.05, 3.63) is 41.4 Å². The lowest BCUT2D eigenvalue weighted by atomic mass is 10.0. The van der Waals surface area contributed by atoms with E-state index in [0.717, 1.165) is 18.7 Å². The van der Waals surface area contributed by atoms with Crippen molar-refractivity contribution in [3.8, 4) is 11.4 Å². The molecule has 1 unspecified atom stereocenters. The standard InChI is InChI=1S/C15H18ClN3O/c1-20-15-6-5-11(8-12(15)16)19-10-17-9-14(19)13-4-2-3-7-18-13/h5-6,8-10,13,18H,2-4,7H2,1H3. The molecule has 20 heavy (non-hydrogen) atoms. The minimum Gasteiger partial charge on any atom is -0.495 e. The number of ether oxygens (including phenoxy) is 1. The predicted molar refractivity (Wildman–Crippen MR) is 79.7 cm³/mol. The Hall–Kier alpha value is -1.52. The van der Waals surface area contributed by atoms with Crippen molar-refractivity contribution in [1.29, 1.82) is 0 Å². The van der Waals surface area contributed by atoms with Crippen LogP contribution in [0.2, 0.25) is 5.02 Å². The van der Waals surface area contributed by atoms with E-state index in [2.05, 4.69) is 14.9 Å². The first kappa shape index (κ1) is 13.5. The van der Waals surface area contributed by atoms with Crippen LogP contribution in [0.25, 0.3) is 5.69 Å². The van der Waals surface area contributed by atoms with Crippen LogP contribution in [-0.4, -0.2) is 23.2 Å². The zero-order valence-electron chi connectivity index (χ0n) is 11.5. The van der Waals surface area contributed by atoms with Crippen molar-refractivity contribution in [2.45, 2.75) is 25.3 Å². The molecule has 1 fully saturated rings. The van der Waals surface area contributed by atoms with Gasteiger partial charge in [0.1, 0.15) is 5.75 Å². The Morgan fingerprint density at radius 3 is 3.00 bits per heavy atom. The Balaban J connectivity index is 1.94. The number of aromatic nitrogens is 2. The van der Waals surface area contributed by atoms with Gasteiger partial charge in [-0.2, -0.15) is 0 Å². The van der Waals surface area contributed by atoms with E-state index in [0.29, 0.717) is 16.8 Å². The summed E-state index contributed by atoms with van der Waals surface area (Å²) < 4.78 is 7.29. The lowest BCUT2D eigenvalue weighted by Crippen LogP contribution is -2.28. The molecule has 0 bridgehead atoms. The van der Waals surface area contributed by atoms with Gasteiger partial charge >= 0.3 is 0 Å². The average molecular weight is 292 g/mol. The Morgan fingerprint density at radius 2 is 2.30 bits per heavy atom. The molecular weight excluding hydrogens is 274 g/mol. The molecule has 1 atom stereocenters. The SMILES string of the molecule is COc1ccc(-n2cncc2C2CCCCN2)cc1Cl. The number of hydrogen-bond donors (Lipinski definition) is 1. The summed E-state index contributed by atoms with van der Waals surface area (Å²) in [6.45, 7) is 1.07. The van der Waals surface area contributed by atoms with Gasteiger partial charge in [0.15, 0.2) is 0 Å². The number of methoxy groups -OCH3 is 1. The number of halogens is 1. The third kappa shape index (κ3) is 2.53. The summed E-state index contributed by atoms with van der Waals surface area (Å²) in [6.07, 6.45) is 7.42. The molecule has 1 aromatic carbocycles. The van der Waals surface area contributed by atoms with Crippen LogP contribution in [0, 0.1) is 0 Å². The van der Waals surface area contributed by atoms with E-state index in [1.165, 1.54) is 18.5 Å². The van der Waals surface area contributed by atoms with Gasteiger partial charge in [-0.3, -0.25) is 0 Å². The predicted octanol–water partition coefficient (Wildman–Crippen LogP) is 3.35. The van der Waals surface area contributed by atoms with Gasteiger partial charge in [-0.15, -0.1) is 0 Å². The van der Waals surface area contributed by atoms with Crippen LogP contribution >= 0.6 is 11.6 Å². The molecule has 1 N–H and O–H groups in total. The van der Waals surface area contributed by atoms with Crippen LogP contribution < -0.4 is 10.1 Å². The van der Waals surface area contributed by atoms with Gasteiger partial charge in [0.05, 0.1) is 30.4 Å². The third-order valence-corrected chi connectivity index (χ3v) is 4.04. The summed E-state index contributed by atoms with van der Waals surface area (Å²) in [5, 5.41) is 4.16. The third-order valence-electron chi connectivity index (χ3n) is 3.75. The highest BCUT2D eigenvalue weighted by atomic mass is 35.5. The average Bonchev–Trinajstić information content (AvgIpc) is 2.97. The molecule has 0 aliphatic carbocycles. The number of rotatable bonds is 3. The molecule has 0 saturated carbocycles. The molecule has 106 valence electrons. The summed E-state index contributed by atoms with van der Waals surface area (Å²) in [5.41, 5.74) is 2.20. The Kier molecular flexibility index (Phi) is 3.94. The van der Waals surface area contributed by atoms with E-state index in [4.69, 9.17) is 16.3 Å². The molecule has 2 aromatic rings. The highest BCUT2D eigenvalue weighted by molar-refractivity contribution is 6.32. The fraction of sp³-hybridized carbons (Fsp3) is 0.400. The van der Waals surface area contributed by atoms with Crippen LogP contribution in [0.4, 0.5) is 0 Å². The van der Waals surface area contributed by atoms with Crippen molar-refractivity contribution in [1.82, 2.24) is 14.9 Å². The Labute approximate surface area is 123 Å². The van der Waals surface area contributed by atoms with Crippen molar-refractivity contribution in [2.75, 3.05) is 13.7 Å². The summed E-state index contributed by atoms with van der Waals surface area (Å²) in [5.74, 6) is 0.688. The van der Waals surface area contributed by atoms with Gasteiger partial charge in [-0.1, -0.05) is 18.0 Å². The van der Waals surface area contributed by atoms with Gasteiger partial charge in [-0.05, 0) is 37.6 Å². The monoisotopic (exact) mass is 291 g/mol. The maximum atomic E-state index is 6.21. The first-order valence-electron chi connectivity index (χ1n) is 6.89. The van der Waals surface area contributed by atoms with Crippen LogP contribution in [0.3, 0.4) is 0 Å². The first-order chi connectivity index (χ1) is 9.79. The lowest BCUT2D eigenvalue weighted by Gasteiger charge is -2.24. The Morgan fingerprint density at radius 1 is 1.40 bits per heavy atom. The summed E-state index contributed by atoms with van der Waals surface area (Å²) in [7, 11) is 1.62. The maximum Gasteiger partial charge on any atom is 0.137 e. The van der Waals surface area contributed by atoms with E-state index < -0.39 is 0 Å². The summed E-state index contributed by atoms with van der Waals surface area (Å²) in [4.78, 5) is 4.29. The number of benzene rings is 1. The largest absolute Gasteiger partial charge is 0.495 e. The molecule has 1 saturated heterocycles. The molecule has 2 heterocycles. The van der Waals surface area contributed by atoms with Gasteiger partial charge in [0.2, 0.25) is 0 Å². The molecule has 1 aromatic heterocycles. The van der Waals surface area contributed by atoms with E-state index in [1.807, 2.05) is 30.7 Å². The van der Waals surface area contributed by atoms with E-state index in [1.54, 1.807) is 7.11 Å². The van der Waals surface area contributed by atoms with Crippen LogP contribution in [0.15, 0.2) is 30.7 Å². The second kappa shape index (κ2) is 5.85. The molecular formula is C15H18ClN3O. The quantitative estimate of drug-likeness (QED) is 0.942. The molecule has 0 spiro atoms. The molecule has 5 heteroatoms. The van der Waals surface area contributed by atoms with E-state index >= 15 is 0 Å². The summed E-state index contributed by atoms with van der Waals surface area (Å²) >= 11 is 6.21. The highest BCUT2D eigenvalue weighted by Gasteiger charge is 2.19. The zero-order chi connectivity index (χ0) is 13.9. The second-order valence-electron chi connectivity index (χ2n) is 5.01. The number of piperidine rings is 1. The van der Waals surface area contributed by atoms with Gasteiger partial charge in [0, 0.05) is 11.7 Å². The number of nitrogens with one attached hydrogen (secondary N) is 1. The number of hydrogen-bond acceptors (Lipinski definition) is 3. The second-order valence-corrected chi connectivity index (χ2v) is 5.42. The lowest BCUT2D eigenvalue weighted by molar-refractivity contribution is 0.401. The smallest absolute Gasteiger partial charge is 0.137 e. The molecule has 1 aliphatic rings. The van der Waals surface area contributed by atoms with Gasteiger partial charge in [0.25, 0.3) is 0 Å². The minimum atomic E-state index is 0.368. The fourth-order valence-corrected chi connectivity index (χ4v) is 2.94. The molecule has 0 amide bonds. The van der Waals surface area contributed by atoms with Crippen LogP contribution in [0.5, 0.6) is 5.75 Å². The van der Waals surface area contributed by atoms with Crippen molar-refractivity contribution >= 4 is 11.6 Å². The zero-order valence-corrected chi connectivity index (χ0v) is 12.2. The van der Waals surface area contributed by atoms with Gasteiger partial charge in [-0.25, -0.2) is 4.98 Å². The van der Waals surface area contributed by atoms with Crippen LogP contribution in [0.1, 0.15) is 31.0 Å². The van der Waals surface area contributed by atoms with E-state index in [9.17, 15) is 0 Å². The molecule has 0 radical (unpaired) electrons. The normalized spacial score (nSPS) is 19.0. The van der Waals surface area contributed by atoms with E-state index in [-0.39, 0.29) is 0 Å². The molecule has 4 nitrogen and oxygen atoms in total.